The summed E-state index contributed by atoms with van der Waals surface area (Å²) in [4.78, 5) is 14.1. The van der Waals surface area contributed by atoms with Crippen LogP contribution < -0.4 is 16.4 Å². The SMILES string of the molecule is CN(CC1(c2ccccc2)CC1)c1nc(N)nc(N)n1. The summed E-state index contributed by atoms with van der Waals surface area (Å²) in [6.45, 7) is 0.847. The van der Waals surface area contributed by atoms with Crippen LogP contribution in [-0.2, 0) is 5.41 Å². The Hall–Kier alpha value is -2.37. The van der Waals surface area contributed by atoms with E-state index >= 15 is 0 Å². The molecule has 0 aliphatic heterocycles. The van der Waals surface area contributed by atoms with Gasteiger partial charge in [0.2, 0.25) is 17.8 Å². The highest BCUT2D eigenvalue weighted by Gasteiger charge is 2.45. The molecule has 0 radical (unpaired) electrons. The third kappa shape index (κ3) is 2.36. The summed E-state index contributed by atoms with van der Waals surface area (Å²) in [6, 6.07) is 10.5. The van der Waals surface area contributed by atoms with E-state index in [2.05, 4.69) is 39.2 Å². The molecule has 2 aromatic rings. The standard InChI is InChI=1S/C14H18N6/c1-20(13-18-11(15)17-12(16)19-13)9-14(7-8-14)10-5-3-2-4-6-10/h2-6H,7-9H2,1H3,(H4,15,16,17,18,19). The molecular weight excluding hydrogens is 252 g/mol. The topological polar surface area (TPSA) is 94.0 Å². The number of nitrogen functional groups attached to an aromatic ring is 2. The van der Waals surface area contributed by atoms with Crippen LogP contribution in [-0.4, -0.2) is 28.5 Å². The van der Waals surface area contributed by atoms with Crippen molar-refractivity contribution in [3.63, 3.8) is 0 Å². The van der Waals surface area contributed by atoms with Crippen LogP contribution in [0.5, 0.6) is 0 Å². The molecule has 20 heavy (non-hydrogen) atoms. The van der Waals surface area contributed by atoms with E-state index in [1.165, 1.54) is 18.4 Å². The van der Waals surface area contributed by atoms with E-state index in [-0.39, 0.29) is 17.3 Å². The van der Waals surface area contributed by atoms with Gasteiger partial charge in [-0.3, -0.25) is 0 Å². The van der Waals surface area contributed by atoms with Crippen LogP contribution in [0.3, 0.4) is 0 Å². The molecule has 0 saturated heterocycles. The quantitative estimate of drug-likeness (QED) is 0.867. The number of rotatable bonds is 4. The van der Waals surface area contributed by atoms with E-state index in [4.69, 9.17) is 11.5 Å². The van der Waals surface area contributed by atoms with Crippen LogP contribution in [0.1, 0.15) is 18.4 Å². The maximum absolute atomic E-state index is 5.62. The molecule has 3 rings (SSSR count). The molecule has 1 aliphatic rings. The molecule has 0 bridgehead atoms. The van der Waals surface area contributed by atoms with Crippen molar-refractivity contribution >= 4 is 17.8 Å². The zero-order chi connectivity index (χ0) is 14.2. The first kappa shape index (κ1) is 12.7. The first-order valence-corrected chi connectivity index (χ1v) is 6.63. The lowest BCUT2D eigenvalue weighted by atomic mass is 9.95. The fourth-order valence-corrected chi connectivity index (χ4v) is 2.57. The van der Waals surface area contributed by atoms with Gasteiger partial charge in [0.1, 0.15) is 0 Å². The summed E-state index contributed by atoms with van der Waals surface area (Å²) in [7, 11) is 1.96. The minimum absolute atomic E-state index is 0.156. The first-order valence-electron chi connectivity index (χ1n) is 6.63. The molecule has 1 aromatic carbocycles. The Labute approximate surface area is 117 Å². The Morgan fingerprint density at radius 3 is 2.20 bits per heavy atom. The minimum atomic E-state index is 0.156. The van der Waals surface area contributed by atoms with Gasteiger partial charge in [-0.2, -0.15) is 15.0 Å². The van der Waals surface area contributed by atoms with Crippen LogP contribution in [0, 0.1) is 0 Å². The molecule has 1 saturated carbocycles. The number of anilines is 3. The van der Waals surface area contributed by atoms with E-state index in [0.717, 1.165) is 6.54 Å². The van der Waals surface area contributed by atoms with E-state index < -0.39 is 0 Å². The Morgan fingerprint density at radius 1 is 1.05 bits per heavy atom. The molecule has 1 aromatic heterocycles. The fraction of sp³-hybridized carbons (Fsp3) is 0.357. The van der Waals surface area contributed by atoms with Gasteiger partial charge in [-0.15, -0.1) is 0 Å². The Bertz CT molecular complexity index is 588. The molecule has 6 heteroatoms. The van der Waals surface area contributed by atoms with Crippen molar-refractivity contribution in [2.45, 2.75) is 18.3 Å². The molecule has 1 aliphatic carbocycles. The maximum Gasteiger partial charge on any atom is 0.231 e. The molecule has 6 nitrogen and oxygen atoms in total. The second-order valence-electron chi connectivity index (χ2n) is 5.35. The molecule has 104 valence electrons. The second kappa shape index (κ2) is 4.63. The van der Waals surface area contributed by atoms with E-state index in [1.54, 1.807) is 0 Å². The maximum atomic E-state index is 5.62. The number of benzene rings is 1. The summed E-state index contributed by atoms with van der Waals surface area (Å²) < 4.78 is 0. The average Bonchev–Trinajstić information content (AvgIpc) is 3.19. The van der Waals surface area contributed by atoms with Crippen molar-refractivity contribution in [3.05, 3.63) is 35.9 Å². The van der Waals surface area contributed by atoms with Gasteiger partial charge in [-0.1, -0.05) is 30.3 Å². The highest BCUT2D eigenvalue weighted by atomic mass is 15.3. The summed E-state index contributed by atoms with van der Waals surface area (Å²) in [5.41, 5.74) is 12.8. The molecule has 0 spiro atoms. The molecule has 0 atom stereocenters. The largest absolute Gasteiger partial charge is 0.368 e. The van der Waals surface area contributed by atoms with Gasteiger partial charge in [0.15, 0.2) is 0 Å². The van der Waals surface area contributed by atoms with Crippen molar-refractivity contribution in [1.82, 2.24) is 15.0 Å². The van der Waals surface area contributed by atoms with Gasteiger partial charge in [0, 0.05) is 19.0 Å². The molecule has 4 N–H and O–H groups in total. The van der Waals surface area contributed by atoms with Crippen molar-refractivity contribution < 1.29 is 0 Å². The van der Waals surface area contributed by atoms with Crippen molar-refractivity contribution in [2.24, 2.45) is 0 Å². The summed E-state index contributed by atoms with van der Waals surface area (Å²) >= 11 is 0. The van der Waals surface area contributed by atoms with E-state index in [9.17, 15) is 0 Å². The number of hydrogen-bond donors (Lipinski definition) is 2. The lowest BCUT2D eigenvalue weighted by Gasteiger charge is -2.24. The fourth-order valence-electron chi connectivity index (χ4n) is 2.57. The Balaban J connectivity index is 1.81. The third-order valence-corrected chi connectivity index (χ3v) is 3.78. The molecule has 0 amide bonds. The molecule has 1 heterocycles. The van der Waals surface area contributed by atoms with Gasteiger partial charge in [-0.25, -0.2) is 0 Å². The average molecular weight is 270 g/mol. The summed E-state index contributed by atoms with van der Waals surface area (Å²) in [6.07, 6.45) is 2.36. The lowest BCUT2D eigenvalue weighted by Crippen LogP contribution is -2.31. The molecule has 0 unspecified atom stereocenters. The third-order valence-electron chi connectivity index (χ3n) is 3.78. The zero-order valence-electron chi connectivity index (χ0n) is 11.5. The monoisotopic (exact) mass is 270 g/mol. The van der Waals surface area contributed by atoms with Crippen LogP contribution in [0.4, 0.5) is 17.8 Å². The molecular formula is C14H18N6. The molecule has 1 fully saturated rings. The number of nitrogens with zero attached hydrogens (tertiary/aromatic N) is 4. The lowest BCUT2D eigenvalue weighted by molar-refractivity contribution is 0.662. The van der Waals surface area contributed by atoms with Crippen LogP contribution in [0.2, 0.25) is 0 Å². The Kier molecular flexibility index (Phi) is 2.93. The van der Waals surface area contributed by atoms with E-state index in [0.29, 0.717) is 5.95 Å². The normalized spacial score (nSPS) is 15.8. The number of hydrogen-bond acceptors (Lipinski definition) is 6. The Morgan fingerprint density at radius 2 is 1.65 bits per heavy atom. The number of nitrogens with two attached hydrogens (primary N) is 2. The van der Waals surface area contributed by atoms with Gasteiger partial charge >= 0.3 is 0 Å². The van der Waals surface area contributed by atoms with Gasteiger partial charge in [-0.05, 0) is 18.4 Å². The zero-order valence-corrected chi connectivity index (χ0v) is 11.5. The highest BCUT2D eigenvalue weighted by molar-refractivity contribution is 5.42. The van der Waals surface area contributed by atoms with Gasteiger partial charge in [0.05, 0.1) is 0 Å². The van der Waals surface area contributed by atoms with E-state index in [1.807, 2.05) is 18.0 Å². The predicted molar refractivity (Wildman–Crippen MR) is 79.3 cm³/mol. The summed E-state index contributed by atoms with van der Waals surface area (Å²) in [5, 5.41) is 0. The van der Waals surface area contributed by atoms with Crippen molar-refractivity contribution in [1.29, 1.82) is 0 Å². The van der Waals surface area contributed by atoms with Gasteiger partial charge < -0.3 is 16.4 Å². The van der Waals surface area contributed by atoms with Crippen LogP contribution in [0.25, 0.3) is 0 Å². The van der Waals surface area contributed by atoms with Gasteiger partial charge in [0.25, 0.3) is 0 Å². The number of likely N-dealkylation sites (N-methyl/N-ethyl adjacent to an activating group) is 1. The van der Waals surface area contributed by atoms with Crippen molar-refractivity contribution in [3.8, 4) is 0 Å². The second-order valence-corrected chi connectivity index (χ2v) is 5.35. The highest BCUT2D eigenvalue weighted by Crippen LogP contribution is 2.48. The first-order chi connectivity index (χ1) is 9.59. The van der Waals surface area contributed by atoms with Crippen LogP contribution in [0.15, 0.2) is 30.3 Å². The smallest absolute Gasteiger partial charge is 0.231 e. The van der Waals surface area contributed by atoms with Crippen molar-refractivity contribution in [2.75, 3.05) is 30.0 Å². The van der Waals surface area contributed by atoms with Crippen LogP contribution >= 0.6 is 0 Å². The predicted octanol–water partition coefficient (Wildman–Crippen LogP) is 1.20. The summed E-state index contributed by atoms with van der Waals surface area (Å²) in [5.74, 6) is 0.838. The minimum Gasteiger partial charge on any atom is -0.368 e. The number of aromatic nitrogens is 3.